The Labute approximate surface area is 183 Å². The first-order valence-corrected chi connectivity index (χ1v) is 8.99. The second-order valence-electron chi connectivity index (χ2n) is 6.16. The molecule has 1 atom stereocenters. The number of nitrogens with one attached hydrogen (secondary N) is 2. The van der Waals surface area contributed by atoms with Crippen molar-refractivity contribution < 1.29 is 4.74 Å². The maximum atomic E-state index is 6.02. The van der Waals surface area contributed by atoms with Crippen molar-refractivity contribution in [1.82, 2.24) is 25.4 Å². The molecule has 7 nitrogen and oxygen atoms in total. The predicted octanol–water partition coefficient (Wildman–Crippen LogP) is 2.88. The Morgan fingerprint density at radius 2 is 2.15 bits per heavy atom. The molecule has 2 aromatic heterocycles. The Balaban J connectivity index is 0.00000364. The zero-order valence-electron chi connectivity index (χ0n) is 16.4. The van der Waals surface area contributed by atoms with E-state index in [1.807, 2.05) is 18.7 Å². The Kier molecular flexibility index (Phi) is 9.86. The van der Waals surface area contributed by atoms with Gasteiger partial charge in [-0.2, -0.15) is 5.10 Å². The Morgan fingerprint density at radius 3 is 2.74 bits per heavy atom. The molecule has 0 amide bonds. The molecule has 2 N–H and O–H groups in total. The summed E-state index contributed by atoms with van der Waals surface area (Å²) in [5.41, 5.74) is 3.54. The van der Waals surface area contributed by atoms with Crippen LogP contribution in [0.1, 0.15) is 23.9 Å². The van der Waals surface area contributed by atoms with Gasteiger partial charge in [-0.3, -0.25) is 9.67 Å². The number of guanidine groups is 1. The van der Waals surface area contributed by atoms with Crippen LogP contribution in [0.2, 0.25) is 5.02 Å². The molecule has 0 aromatic carbocycles. The number of nitrogens with zero attached hydrogens (tertiary/aromatic N) is 4. The summed E-state index contributed by atoms with van der Waals surface area (Å²) in [4.78, 5) is 8.35. The van der Waals surface area contributed by atoms with Gasteiger partial charge in [0.2, 0.25) is 5.88 Å². The number of aromatic nitrogens is 3. The number of hydrogen-bond acceptors (Lipinski definition) is 4. The molecule has 150 valence electrons. The van der Waals surface area contributed by atoms with Crippen LogP contribution >= 0.6 is 35.6 Å². The van der Waals surface area contributed by atoms with E-state index in [2.05, 4.69) is 39.6 Å². The van der Waals surface area contributed by atoms with Crippen molar-refractivity contribution in [2.45, 2.75) is 33.2 Å². The molecule has 1 unspecified atom stereocenters. The van der Waals surface area contributed by atoms with E-state index >= 15 is 0 Å². The Hall–Kier alpha value is -1.55. The van der Waals surface area contributed by atoms with Gasteiger partial charge in [0.25, 0.3) is 0 Å². The summed E-state index contributed by atoms with van der Waals surface area (Å²) in [7, 11) is 3.72. The molecule has 0 radical (unpaired) electrons. The fourth-order valence-electron chi connectivity index (χ4n) is 2.69. The SMILES string of the molecule is CN=C(NCCOc1ncccc1Cl)NC(C)Cc1c(C)nn(C)c1C.I. The van der Waals surface area contributed by atoms with Gasteiger partial charge in [-0.05, 0) is 44.9 Å². The lowest BCUT2D eigenvalue weighted by atomic mass is 10.1. The molecule has 0 aliphatic heterocycles. The minimum absolute atomic E-state index is 0. The topological polar surface area (TPSA) is 76.4 Å². The molecule has 0 saturated heterocycles. The standard InChI is InChI=1S/C18H27ClN6O.HI/c1-12(11-15-13(2)24-25(5)14(15)3)23-18(20-4)22-9-10-26-17-16(19)7-6-8-21-17;/h6-8,12H,9-11H2,1-5H3,(H2,20,22,23);1H. The normalized spacial score (nSPS) is 12.3. The minimum Gasteiger partial charge on any atom is -0.475 e. The van der Waals surface area contributed by atoms with Crippen molar-refractivity contribution in [3.05, 3.63) is 40.3 Å². The van der Waals surface area contributed by atoms with E-state index in [1.165, 1.54) is 11.3 Å². The summed E-state index contributed by atoms with van der Waals surface area (Å²) in [5, 5.41) is 11.6. The Morgan fingerprint density at radius 1 is 1.41 bits per heavy atom. The zero-order valence-corrected chi connectivity index (χ0v) is 19.5. The van der Waals surface area contributed by atoms with Crippen LogP contribution in [0.4, 0.5) is 0 Å². The lowest BCUT2D eigenvalue weighted by Crippen LogP contribution is -2.44. The van der Waals surface area contributed by atoms with Gasteiger partial charge in [0.15, 0.2) is 5.96 Å². The second-order valence-corrected chi connectivity index (χ2v) is 6.57. The van der Waals surface area contributed by atoms with Crippen molar-refractivity contribution >= 4 is 41.5 Å². The highest BCUT2D eigenvalue weighted by Gasteiger charge is 2.14. The number of rotatable bonds is 7. The van der Waals surface area contributed by atoms with E-state index in [1.54, 1.807) is 25.4 Å². The van der Waals surface area contributed by atoms with Crippen molar-refractivity contribution in [1.29, 1.82) is 0 Å². The van der Waals surface area contributed by atoms with Crippen LogP contribution in [0, 0.1) is 13.8 Å². The summed E-state index contributed by atoms with van der Waals surface area (Å²) in [6.07, 6.45) is 2.53. The second kappa shape index (κ2) is 11.3. The van der Waals surface area contributed by atoms with Gasteiger partial charge in [-0.1, -0.05) is 11.6 Å². The third kappa shape index (κ3) is 6.84. The molecular formula is C18H28ClIN6O. The third-order valence-corrected chi connectivity index (χ3v) is 4.42. The quantitative estimate of drug-likeness (QED) is 0.261. The molecule has 9 heteroatoms. The molecule has 2 aromatic rings. The number of aliphatic imine (C=N–C) groups is 1. The number of pyridine rings is 1. The average molecular weight is 507 g/mol. The van der Waals surface area contributed by atoms with Gasteiger partial charge in [0, 0.05) is 32.0 Å². The molecule has 0 aliphatic carbocycles. The van der Waals surface area contributed by atoms with E-state index in [-0.39, 0.29) is 30.0 Å². The monoisotopic (exact) mass is 506 g/mol. The van der Waals surface area contributed by atoms with Gasteiger partial charge in [-0.25, -0.2) is 4.98 Å². The molecular weight excluding hydrogens is 479 g/mol. The summed E-state index contributed by atoms with van der Waals surface area (Å²) in [6.45, 7) is 7.29. The summed E-state index contributed by atoms with van der Waals surface area (Å²) >= 11 is 6.02. The molecule has 0 saturated carbocycles. The smallest absolute Gasteiger partial charge is 0.232 e. The third-order valence-electron chi connectivity index (χ3n) is 4.13. The molecule has 2 rings (SSSR count). The fourth-order valence-corrected chi connectivity index (χ4v) is 2.87. The first-order valence-electron chi connectivity index (χ1n) is 8.62. The van der Waals surface area contributed by atoms with Crippen molar-refractivity contribution in [2.75, 3.05) is 20.2 Å². The summed E-state index contributed by atoms with van der Waals surface area (Å²) in [5.74, 6) is 1.17. The molecule has 0 fully saturated rings. The van der Waals surface area contributed by atoms with E-state index < -0.39 is 0 Å². The maximum Gasteiger partial charge on any atom is 0.232 e. The van der Waals surface area contributed by atoms with E-state index in [0.717, 1.165) is 18.1 Å². The van der Waals surface area contributed by atoms with Gasteiger partial charge in [-0.15, -0.1) is 24.0 Å². The van der Waals surface area contributed by atoms with Crippen LogP contribution in [0.5, 0.6) is 5.88 Å². The average Bonchev–Trinajstić information content (AvgIpc) is 2.85. The fraction of sp³-hybridized carbons (Fsp3) is 0.500. The largest absolute Gasteiger partial charge is 0.475 e. The first kappa shape index (κ1) is 23.5. The first-order chi connectivity index (χ1) is 12.4. The highest BCUT2D eigenvalue weighted by atomic mass is 127. The molecule has 27 heavy (non-hydrogen) atoms. The van der Waals surface area contributed by atoms with Gasteiger partial charge in [0.1, 0.15) is 11.6 Å². The zero-order chi connectivity index (χ0) is 19.1. The number of aryl methyl sites for hydroxylation is 2. The minimum atomic E-state index is 0. The van der Waals surface area contributed by atoms with Gasteiger partial charge in [0.05, 0.1) is 12.2 Å². The van der Waals surface area contributed by atoms with Crippen LogP contribution in [-0.4, -0.2) is 47.0 Å². The summed E-state index contributed by atoms with van der Waals surface area (Å²) < 4.78 is 7.49. The lowest BCUT2D eigenvalue weighted by Gasteiger charge is -2.18. The van der Waals surface area contributed by atoms with Crippen LogP contribution in [0.15, 0.2) is 23.3 Å². The Bertz CT molecular complexity index is 764. The van der Waals surface area contributed by atoms with Crippen LogP contribution in [0.25, 0.3) is 0 Å². The number of ether oxygens (including phenoxy) is 1. The molecule has 0 aliphatic rings. The molecule has 0 spiro atoms. The highest BCUT2D eigenvalue weighted by Crippen LogP contribution is 2.19. The van der Waals surface area contributed by atoms with E-state index in [0.29, 0.717) is 24.1 Å². The molecule has 2 heterocycles. The predicted molar refractivity (Wildman–Crippen MR) is 121 cm³/mol. The van der Waals surface area contributed by atoms with Crippen LogP contribution in [-0.2, 0) is 13.5 Å². The van der Waals surface area contributed by atoms with Gasteiger partial charge >= 0.3 is 0 Å². The number of hydrogen-bond donors (Lipinski definition) is 2. The number of halogens is 2. The van der Waals surface area contributed by atoms with E-state index in [9.17, 15) is 0 Å². The van der Waals surface area contributed by atoms with Crippen molar-refractivity contribution in [2.24, 2.45) is 12.0 Å². The summed E-state index contributed by atoms with van der Waals surface area (Å²) in [6, 6.07) is 3.74. The van der Waals surface area contributed by atoms with Crippen molar-refractivity contribution in [3.63, 3.8) is 0 Å². The van der Waals surface area contributed by atoms with Gasteiger partial charge < -0.3 is 15.4 Å². The highest BCUT2D eigenvalue weighted by molar-refractivity contribution is 14.0. The maximum absolute atomic E-state index is 6.02. The van der Waals surface area contributed by atoms with E-state index in [4.69, 9.17) is 16.3 Å². The van der Waals surface area contributed by atoms with Crippen molar-refractivity contribution in [3.8, 4) is 5.88 Å². The lowest BCUT2D eigenvalue weighted by molar-refractivity contribution is 0.309. The van der Waals surface area contributed by atoms with Crippen LogP contribution < -0.4 is 15.4 Å². The van der Waals surface area contributed by atoms with Crippen LogP contribution in [0.3, 0.4) is 0 Å². The molecule has 0 bridgehead atoms.